The first-order valence-corrected chi connectivity index (χ1v) is 7.67. The average Bonchev–Trinajstić information content (AvgIpc) is 2.44. The molecule has 5 nitrogen and oxygen atoms in total. The molecule has 116 valence electrons. The summed E-state index contributed by atoms with van der Waals surface area (Å²) >= 11 is 0. The van der Waals surface area contributed by atoms with E-state index in [0.29, 0.717) is 18.3 Å². The third-order valence-corrected chi connectivity index (χ3v) is 4.39. The first kappa shape index (κ1) is 17.0. The maximum absolute atomic E-state index is 12.4. The number of carboxylic acids is 1. The lowest BCUT2D eigenvalue weighted by atomic mass is 9.85. The third kappa shape index (κ3) is 5.12. The Labute approximate surface area is 121 Å². The molecule has 1 rings (SSSR count). The first-order valence-electron chi connectivity index (χ1n) is 7.67. The number of aliphatic carboxylic acids is 1. The molecule has 0 spiro atoms. The van der Waals surface area contributed by atoms with E-state index in [9.17, 15) is 9.59 Å². The van der Waals surface area contributed by atoms with Gasteiger partial charge in [-0.3, -0.25) is 9.59 Å². The van der Waals surface area contributed by atoms with Crippen molar-refractivity contribution in [2.24, 2.45) is 11.8 Å². The van der Waals surface area contributed by atoms with Gasteiger partial charge in [0, 0.05) is 12.5 Å². The summed E-state index contributed by atoms with van der Waals surface area (Å²) in [6.45, 7) is 7.83. The lowest BCUT2D eigenvalue weighted by Gasteiger charge is -2.32. The second kappa shape index (κ2) is 8.25. The summed E-state index contributed by atoms with van der Waals surface area (Å²) in [5.41, 5.74) is 0. The van der Waals surface area contributed by atoms with Crippen LogP contribution in [0.2, 0.25) is 0 Å². The van der Waals surface area contributed by atoms with Crippen molar-refractivity contribution in [1.82, 2.24) is 10.2 Å². The molecule has 0 radical (unpaired) electrons. The highest BCUT2D eigenvalue weighted by Gasteiger charge is 2.27. The summed E-state index contributed by atoms with van der Waals surface area (Å²) in [6.07, 6.45) is 3.54. The molecule has 1 aliphatic heterocycles. The van der Waals surface area contributed by atoms with Gasteiger partial charge in [-0.25, -0.2) is 0 Å². The van der Waals surface area contributed by atoms with Crippen LogP contribution >= 0.6 is 0 Å². The van der Waals surface area contributed by atoms with E-state index in [2.05, 4.69) is 12.2 Å². The maximum Gasteiger partial charge on any atom is 0.323 e. The molecule has 0 aromatic carbocycles. The van der Waals surface area contributed by atoms with Crippen LogP contribution in [-0.4, -0.2) is 47.6 Å². The number of nitrogens with one attached hydrogen (secondary N) is 1. The number of amides is 1. The van der Waals surface area contributed by atoms with Crippen molar-refractivity contribution in [3.05, 3.63) is 0 Å². The van der Waals surface area contributed by atoms with Crippen LogP contribution in [0.3, 0.4) is 0 Å². The topological polar surface area (TPSA) is 69.6 Å². The van der Waals surface area contributed by atoms with Crippen LogP contribution in [0.25, 0.3) is 0 Å². The Morgan fingerprint density at radius 1 is 1.40 bits per heavy atom. The minimum absolute atomic E-state index is 0.0183. The average molecular weight is 284 g/mol. The van der Waals surface area contributed by atoms with E-state index < -0.39 is 5.97 Å². The monoisotopic (exact) mass is 284 g/mol. The molecular weight excluding hydrogens is 256 g/mol. The van der Waals surface area contributed by atoms with Crippen LogP contribution in [0.15, 0.2) is 0 Å². The van der Waals surface area contributed by atoms with Crippen molar-refractivity contribution in [3.8, 4) is 0 Å². The Morgan fingerprint density at radius 3 is 2.60 bits per heavy atom. The summed E-state index contributed by atoms with van der Waals surface area (Å²) in [5, 5.41) is 12.3. The predicted octanol–water partition coefficient (Wildman–Crippen LogP) is 1.72. The third-order valence-electron chi connectivity index (χ3n) is 4.39. The molecule has 3 unspecified atom stereocenters. The van der Waals surface area contributed by atoms with E-state index in [1.807, 2.05) is 13.8 Å². The Hall–Kier alpha value is -1.10. The predicted molar refractivity (Wildman–Crippen MR) is 78.5 cm³/mol. The normalized spacial score (nSPS) is 22.1. The number of rotatable bonds is 7. The fourth-order valence-electron chi connectivity index (χ4n) is 2.78. The molecule has 0 aromatic rings. The zero-order chi connectivity index (χ0) is 15.1. The quantitative estimate of drug-likeness (QED) is 0.747. The van der Waals surface area contributed by atoms with E-state index >= 15 is 0 Å². The van der Waals surface area contributed by atoms with Crippen LogP contribution in [0.5, 0.6) is 0 Å². The van der Waals surface area contributed by atoms with E-state index in [4.69, 9.17) is 5.11 Å². The van der Waals surface area contributed by atoms with Crippen molar-refractivity contribution in [3.63, 3.8) is 0 Å². The van der Waals surface area contributed by atoms with E-state index in [1.54, 1.807) is 0 Å². The first-order chi connectivity index (χ1) is 9.45. The summed E-state index contributed by atoms with van der Waals surface area (Å²) in [6, 6.07) is -0.0183. The Balaban J connectivity index is 2.57. The number of nitrogens with zero attached hydrogens (tertiary/aromatic N) is 1. The smallest absolute Gasteiger partial charge is 0.323 e. The van der Waals surface area contributed by atoms with Crippen molar-refractivity contribution in [1.29, 1.82) is 0 Å². The number of carbonyl (C=O) groups is 2. The van der Waals surface area contributed by atoms with E-state index in [0.717, 1.165) is 32.4 Å². The van der Waals surface area contributed by atoms with Crippen molar-refractivity contribution in [2.45, 2.75) is 52.5 Å². The van der Waals surface area contributed by atoms with Crippen molar-refractivity contribution in [2.75, 3.05) is 19.6 Å². The van der Waals surface area contributed by atoms with Gasteiger partial charge >= 0.3 is 5.97 Å². The molecule has 20 heavy (non-hydrogen) atoms. The Kier molecular flexibility index (Phi) is 6.99. The zero-order valence-electron chi connectivity index (χ0n) is 12.9. The standard InChI is InChI=1S/C15H28N2O3/c1-4-12(3)17(10-15(19)20)14(18)8-11(2)13-6-5-7-16-9-13/h11-13,16H,4-10H2,1-3H3,(H,19,20). The number of carbonyl (C=O) groups excluding carboxylic acids is 1. The molecule has 0 saturated carbocycles. The second-order valence-electron chi connectivity index (χ2n) is 5.96. The highest BCUT2D eigenvalue weighted by Crippen LogP contribution is 2.23. The lowest BCUT2D eigenvalue weighted by Crippen LogP contribution is -2.43. The highest BCUT2D eigenvalue weighted by atomic mass is 16.4. The van der Waals surface area contributed by atoms with Gasteiger partial charge in [0.2, 0.25) is 5.91 Å². The number of hydrogen-bond donors (Lipinski definition) is 2. The second-order valence-corrected chi connectivity index (χ2v) is 5.96. The molecule has 1 aliphatic rings. The van der Waals surface area contributed by atoms with Gasteiger partial charge in [0.1, 0.15) is 6.54 Å². The molecular formula is C15H28N2O3. The molecule has 1 fully saturated rings. The van der Waals surface area contributed by atoms with Crippen LogP contribution in [0, 0.1) is 11.8 Å². The summed E-state index contributed by atoms with van der Waals surface area (Å²) in [4.78, 5) is 24.8. The Bertz CT molecular complexity index is 327. The van der Waals surface area contributed by atoms with Gasteiger partial charge in [0.15, 0.2) is 0 Å². The van der Waals surface area contributed by atoms with Gasteiger partial charge in [-0.2, -0.15) is 0 Å². The maximum atomic E-state index is 12.4. The van der Waals surface area contributed by atoms with Gasteiger partial charge in [0.05, 0.1) is 0 Å². The number of piperidine rings is 1. The highest BCUT2D eigenvalue weighted by molar-refractivity contribution is 5.81. The molecule has 5 heteroatoms. The Morgan fingerprint density at radius 2 is 2.10 bits per heavy atom. The van der Waals surface area contributed by atoms with Gasteiger partial charge in [0.25, 0.3) is 0 Å². The largest absolute Gasteiger partial charge is 0.480 e. The minimum atomic E-state index is -0.939. The fraction of sp³-hybridized carbons (Fsp3) is 0.867. The van der Waals surface area contributed by atoms with Crippen LogP contribution in [0.1, 0.15) is 46.5 Å². The number of carboxylic acid groups (broad SMARTS) is 1. The molecule has 0 aliphatic carbocycles. The molecule has 1 saturated heterocycles. The van der Waals surface area contributed by atoms with Crippen LogP contribution in [0.4, 0.5) is 0 Å². The van der Waals surface area contributed by atoms with Crippen molar-refractivity contribution < 1.29 is 14.7 Å². The van der Waals surface area contributed by atoms with Gasteiger partial charge in [-0.05, 0) is 51.1 Å². The molecule has 2 N–H and O–H groups in total. The van der Waals surface area contributed by atoms with Crippen LogP contribution < -0.4 is 5.32 Å². The molecule has 3 atom stereocenters. The summed E-state index contributed by atoms with van der Waals surface area (Å²) in [7, 11) is 0. The van der Waals surface area contributed by atoms with E-state index in [1.165, 1.54) is 4.90 Å². The SMILES string of the molecule is CCC(C)N(CC(=O)O)C(=O)CC(C)C1CCCNC1. The van der Waals surface area contributed by atoms with Crippen LogP contribution in [-0.2, 0) is 9.59 Å². The minimum Gasteiger partial charge on any atom is -0.480 e. The van der Waals surface area contributed by atoms with Gasteiger partial charge in [-0.1, -0.05) is 13.8 Å². The molecule has 1 amide bonds. The molecule has 0 bridgehead atoms. The number of hydrogen-bond acceptors (Lipinski definition) is 3. The molecule has 0 aromatic heterocycles. The summed E-state index contributed by atoms with van der Waals surface area (Å²) < 4.78 is 0. The zero-order valence-corrected chi connectivity index (χ0v) is 12.9. The fourth-order valence-corrected chi connectivity index (χ4v) is 2.78. The van der Waals surface area contributed by atoms with Gasteiger partial charge in [-0.15, -0.1) is 0 Å². The lowest BCUT2D eigenvalue weighted by molar-refractivity contribution is -0.146. The van der Waals surface area contributed by atoms with E-state index in [-0.39, 0.29) is 18.5 Å². The summed E-state index contributed by atoms with van der Waals surface area (Å²) in [5.74, 6) is -0.141. The van der Waals surface area contributed by atoms with Gasteiger partial charge < -0.3 is 15.3 Å². The van der Waals surface area contributed by atoms with Crippen molar-refractivity contribution >= 4 is 11.9 Å². The molecule has 1 heterocycles.